The molecule has 0 bridgehead atoms. The lowest BCUT2D eigenvalue weighted by molar-refractivity contribution is 0.605. The average molecular weight is 231 g/mol. The number of aromatic nitrogens is 1. The number of pyridine rings is 1. The highest BCUT2D eigenvalue weighted by atomic mass is 14.7. The van der Waals surface area contributed by atoms with Crippen LogP contribution in [0.3, 0.4) is 0 Å². The molecule has 0 aromatic carbocycles. The van der Waals surface area contributed by atoms with Crippen molar-refractivity contribution in [1.29, 1.82) is 0 Å². The maximum absolute atomic E-state index is 6.18. The summed E-state index contributed by atoms with van der Waals surface area (Å²) in [6.45, 7) is 0. The highest BCUT2D eigenvalue weighted by Crippen LogP contribution is 2.22. The van der Waals surface area contributed by atoms with Crippen molar-refractivity contribution in [3.05, 3.63) is 35.7 Å². The van der Waals surface area contributed by atoms with Gasteiger partial charge in [-0.2, -0.15) is 0 Å². The summed E-state index contributed by atoms with van der Waals surface area (Å²) < 4.78 is 0. The zero-order valence-electron chi connectivity index (χ0n) is 10.2. The lowest BCUT2D eigenvalue weighted by Crippen LogP contribution is -2.24. The van der Waals surface area contributed by atoms with Crippen molar-refractivity contribution in [2.75, 3.05) is 5.73 Å². The Bertz CT molecular complexity index is 398. The van der Waals surface area contributed by atoms with Crippen molar-refractivity contribution >= 4 is 5.69 Å². The molecule has 0 aliphatic heterocycles. The molecule has 92 valence electrons. The molecule has 1 aromatic heterocycles. The third kappa shape index (κ3) is 3.56. The van der Waals surface area contributed by atoms with Crippen molar-refractivity contribution in [1.82, 2.24) is 4.98 Å². The molecule has 3 nitrogen and oxygen atoms in total. The maximum Gasteiger partial charge on any atom is 0.0378 e. The number of nitrogens with two attached hydrogens (primary N) is 2. The molecule has 0 amide bonds. The van der Waals surface area contributed by atoms with E-state index in [0.717, 1.165) is 24.1 Å². The number of nitrogens with zero attached hydrogens (tertiary/aromatic N) is 1. The first kappa shape index (κ1) is 12.1. The molecule has 1 heterocycles. The van der Waals surface area contributed by atoms with Crippen LogP contribution in [-0.4, -0.2) is 11.0 Å². The van der Waals surface area contributed by atoms with Gasteiger partial charge >= 0.3 is 0 Å². The van der Waals surface area contributed by atoms with E-state index < -0.39 is 0 Å². The summed E-state index contributed by atoms with van der Waals surface area (Å²) in [5, 5.41) is 0. The van der Waals surface area contributed by atoms with Gasteiger partial charge in [0.15, 0.2) is 0 Å². The number of rotatable bonds is 4. The largest absolute Gasteiger partial charge is 0.398 e. The van der Waals surface area contributed by atoms with E-state index in [-0.39, 0.29) is 6.04 Å². The van der Waals surface area contributed by atoms with Crippen LogP contribution in [0.25, 0.3) is 0 Å². The molecule has 0 saturated heterocycles. The van der Waals surface area contributed by atoms with Crippen molar-refractivity contribution in [2.45, 2.75) is 44.6 Å². The molecule has 1 aliphatic carbocycles. The second-order valence-corrected chi connectivity index (χ2v) is 4.85. The number of hydrogen-bond acceptors (Lipinski definition) is 3. The number of anilines is 1. The van der Waals surface area contributed by atoms with E-state index >= 15 is 0 Å². The Kier molecular flexibility index (Phi) is 4.15. The summed E-state index contributed by atoms with van der Waals surface area (Å²) in [6.07, 6.45) is 12.8. The Labute approximate surface area is 103 Å². The maximum atomic E-state index is 6.18. The molecule has 3 heteroatoms. The van der Waals surface area contributed by atoms with Gasteiger partial charge in [-0.15, -0.1) is 0 Å². The third-order valence-electron chi connectivity index (χ3n) is 3.33. The van der Waals surface area contributed by atoms with Gasteiger partial charge in [-0.3, -0.25) is 4.98 Å². The second-order valence-electron chi connectivity index (χ2n) is 4.85. The first-order valence-electron chi connectivity index (χ1n) is 6.37. The normalized spacial score (nSPS) is 17.6. The molecule has 1 atom stereocenters. The Balaban J connectivity index is 1.91. The Morgan fingerprint density at radius 3 is 2.88 bits per heavy atom. The third-order valence-corrected chi connectivity index (χ3v) is 3.33. The average Bonchev–Trinajstić information content (AvgIpc) is 2.33. The summed E-state index contributed by atoms with van der Waals surface area (Å²) in [4.78, 5) is 4.10. The highest BCUT2D eigenvalue weighted by molar-refractivity contribution is 5.44. The fourth-order valence-corrected chi connectivity index (χ4v) is 2.39. The highest BCUT2D eigenvalue weighted by Gasteiger charge is 2.11. The van der Waals surface area contributed by atoms with Crippen LogP contribution in [0.5, 0.6) is 0 Å². The first-order chi connectivity index (χ1) is 8.25. The molecule has 4 N–H and O–H groups in total. The van der Waals surface area contributed by atoms with Gasteiger partial charge in [0, 0.05) is 24.1 Å². The number of allylic oxidation sites excluding steroid dienone is 1. The van der Waals surface area contributed by atoms with Gasteiger partial charge in [-0.05, 0) is 50.2 Å². The lowest BCUT2D eigenvalue weighted by atomic mass is 9.92. The molecular weight excluding hydrogens is 210 g/mol. The molecule has 0 saturated carbocycles. The monoisotopic (exact) mass is 231 g/mol. The van der Waals surface area contributed by atoms with E-state index in [4.69, 9.17) is 11.5 Å². The van der Waals surface area contributed by atoms with Crippen molar-refractivity contribution in [3.8, 4) is 0 Å². The van der Waals surface area contributed by atoms with Gasteiger partial charge in [0.05, 0.1) is 0 Å². The van der Waals surface area contributed by atoms with E-state index in [1.807, 2.05) is 12.3 Å². The SMILES string of the molecule is Nc1ccncc1CC(N)CC1=CCCCC1. The van der Waals surface area contributed by atoms with Crippen molar-refractivity contribution in [2.24, 2.45) is 5.73 Å². The van der Waals surface area contributed by atoms with Crippen LogP contribution < -0.4 is 11.5 Å². The van der Waals surface area contributed by atoms with Gasteiger partial charge in [0.2, 0.25) is 0 Å². The zero-order valence-corrected chi connectivity index (χ0v) is 10.2. The molecule has 0 spiro atoms. The van der Waals surface area contributed by atoms with E-state index in [9.17, 15) is 0 Å². The van der Waals surface area contributed by atoms with E-state index in [1.54, 1.807) is 6.20 Å². The number of nitrogen functional groups attached to an aromatic ring is 1. The minimum Gasteiger partial charge on any atom is -0.398 e. The molecule has 2 rings (SSSR count). The Hall–Kier alpha value is -1.35. The summed E-state index contributed by atoms with van der Waals surface area (Å²) in [5.41, 5.74) is 15.5. The van der Waals surface area contributed by atoms with Gasteiger partial charge in [-0.1, -0.05) is 11.6 Å². The Morgan fingerprint density at radius 2 is 2.18 bits per heavy atom. The predicted octanol–water partition coefficient (Wildman–Crippen LogP) is 2.42. The fraction of sp³-hybridized carbons (Fsp3) is 0.500. The van der Waals surface area contributed by atoms with E-state index in [2.05, 4.69) is 11.1 Å². The molecule has 1 aliphatic rings. The summed E-state index contributed by atoms with van der Waals surface area (Å²) in [7, 11) is 0. The Morgan fingerprint density at radius 1 is 1.29 bits per heavy atom. The summed E-state index contributed by atoms with van der Waals surface area (Å²) in [5.74, 6) is 0. The van der Waals surface area contributed by atoms with E-state index in [1.165, 1.54) is 31.3 Å². The molecule has 17 heavy (non-hydrogen) atoms. The van der Waals surface area contributed by atoms with E-state index in [0.29, 0.717) is 0 Å². The lowest BCUT2D eigenvalue weighted by Gasteiger charge is -2.17. The zero-order chi connectivity index (χ0) is 12.1. The van der Waals surface area contributed by atoms with Crippen LogP contribution in [0.15, 0.2) is 30.1 Å². The minimum atomic E-state index is 0.158. The first-order valence-corrected chi connectivity index (χ1v) is 6.37. The van der Waals surface area contributed by atoms with Gasteiger partial charge in [-0.25, -0.2) is 0 Å². The summed E-state index contributed by atoms with van der Waals surface area (Å²) in [6, 6.07) is 1.99. The quantitative estimate of drug-likeness (QED) is 0.782. The smallest absolute Gasteiger partial charge is 0.0378 e. The molecule has 1 aromatic rings. The van der Waals surface area contributed by atoms with Crippen LogP contribution in [0.1, 0.15) is 37.7 Å². The minimum absolute atomic E-state index is 0.158. The van der Waals surface area contributed by atoms with Gasteiger partial charge in [0.25, 0.3) is 0 Å². The van der Waals surface area contributed by atoms with Crippen LogP contribution in [0.4, 0.5) is 5.69 Å². The standard InChI is InChI=1S/C14H21N3/c15-13(8-11-4-2-1-3-5-11)9-12-10-17-7-6-14(12)16/h4,6-7,10,13H,1-3,5,8-9,15H2,(H2,16,17). The second kappa shape index (κ2) is 5.82. The van der Waals surface area contributed by atoms with Gasteiger partial charge in [0.1, 0.15) is 0 Å². The van der Waals surface area contributed by atoms with Gasteiger partial charge < -0.3 is 11.5 Å². The molecule has 1 unspecified atom stereocenters. The van der Waals surface area contributed by atoms with Crippen LogP contribution in [0, 0.1) is 0 Å². The fourth-order valence-electron chi connectivity index (χ4n) is 2.39. The van der Waals surface area contributed by atoms with Crippen LogP contribution >= 0.6 is 0 Å². The van der Waals surface area contributed by atoms with Crippen molar-refractivity contribution < 1.29 is 0 Å². The molecule has 0 radical (unpaired) electrons. The van der Waals surface area contributed by atoms with Crippen LogP contribution in [-0.2, 0) is 6.42 Å². The molecular formula is C14H21N3. The summed E-state index contributed by atoms with van der Waals surface area (Å²) >= 11 is 0. The topological polar surface area (TPSA) is 64.9 Å². The number of hydrogen-bond donors (Lipinski definition) is 2. The van der Waals surface area contributed by atoms with Crippen LogP contribution in [0.2, 0.25) is 0 Å². The van der Waals surface area contributed by atoms with Crippen molar-refractivity contribution in [3.63, 3.8) is 0 Å². The predicted molar refractivity (Wildman–Crippen MR) is 71.5 cm³/mol. The molecule has 0 fully saturated rings.